The largest absolute Gasteiger partial charge is 0.453 e. The smallest absolute Gasteiger partial charge is 0.238 e. The fraction of sp³-hybridized carbons (Fsp3) is 0. The second-order valence-electron chi connectivity index (χ2n) is 15.7. The van der Waals surface area contributed by atoms with Crippen molar-refractivity contribution in [3.8, 4) is 51.3 Å². The molecule has 0 aliphatic carbocycles. The highest BCUT2D eigenvalue weighted by Gasteiger charge is 2.27. The van der Waals surface area contributed by atoms with Crippen molar-refractivity contribution in [1.29, 1.82) is 0 Å². The first-order chi connectivity index (χ1) is 31.7. The van der Waals surface area contributed by atoms with E-state index >= 15 is 0 Å². The number of para-hydroxylation sites is 5. The summed E-state index contributed by atoms with van der Waals surface area (Å²) in [7, 11) is 0. The lowest BCUT2D eigenvalue weighted by Crippen LogP contribution is -2.16. The zero-order valence-electron chi connectivity index (χ0n) is 34.5. The molecule has 3 heterocycles. The fourth-order valence-electron chi connectivity index (χ4n) is 8.83. The molecule has 0 amide bonds. The Bertz CT molecular complexity index is 3370. The van der Waals surface area contributed by atoms with Gasteiger partial charge in [0.2, 0.25) is 5.95 Å². The summed E-state index contributed by atoms with van der Waals surface area (Å²) < 4.78 is 8.86. The molecule has 7 nitrogen and oxygen atoms in total. The molecule has 64 heavy (non-hydrogen) atoms. The lowest BCUT2D eigenvalue weighted by Gasteiger charge is -2.33. The molecule has 0 radical (unpaired) electrons. The molecule has 0 saturated heterocycles. The Morgan fingerprint density at radius 1 is 0.359 bits per heavy atom. The van der Waals surface area contributed by atoms with Gasteiger partial charge in [0.05, 0.1) is 22.4 Å². The third-order valence-corrected chi connectivity index (χ3v) is 11.8. The van der Waals surface area contributed by atoms with Crippen LogP contribution in [-0.2, 0) is 0 Å². The molecule has 302 valence electrons. The molecule has 0 atom stereocenters. The Morgan fingerprint density at radius 2 is 0.875 bits per heavy atom. The van der Waals surface area contributed by atoms with E-state index < -0.39 is 0 Å². The third kappa shape index (κ3) is 6.51. The molecular formula is C57H38N6O. The highest BCUT2D eigenvalue weighted by molar-refractivity contribution is 6.10. The van der Waals surface area contributed by atoms with Crippen molar-refractivity contribution in [3.05, 3.63) is 231 Å². The molecule has 11 aromatic rings. The topological polar surface area (TPSA) is 59.3 Å². The zero-order chi connectivity index (χ0) is 42.4. The Morgan fingerprint density at radius 3 is 1.55 bits per heavy atom. The summed E-state index contributed by atoms with van der Waals surface area (Å²) in [6.45, 7) is 0. The molecule has 2 aromatic heterocycles. The first-order valence-corrected chi connectivity index (χ1v) is 21.4. The number of anilines is 6. The summed E-state index contributed by atoms with van der Waals surface area (Å²) in [5, 5.41) is 2.21. The number of hydrogen-bond donors (Lipinski definition) is 0. The summed E-state index contributed by atoms with van der Waals surface area (Å²) in [6, 6.07) is 79.7. The van der Waals surface area contributed by atoms with E-state index in [1.807, 2.05) is 84.9 Å². The molecule has 0 bridgehead atoms. The van der Waals surface area contributed by atoms with E-state index in [2.05, 4.69) is 160 Å². The normalized spacial score (nSPS) is 11.8. The number of nitrogens with zero attached hydrogens (tertiary/aromatic N) is 6. The quantitative estimate of drug-likeness (QED) is 0.152. The van der Waals surface area contributed by atoms with Crippen LogP contribution in [0.3, 0.4) is 0 Å². The van der Waals surface area contributed by atoms with E-state index in [0.717, 1.165) is 89.7 Å². The molecule has 7 heteroatoms. The van der Waals surface area contributed by atoms with Crippen LogP contribution in [0.2, 0.25) is 0 Å². The van der Waals surface area contributed by atoms with E-state index in [4.69, 9.17) is 19.7 Å². The van der Waals surface area contributed by atoms with Gasteiger partial charge in [-0.2, -0.15) is 9.97 Å². The predicted octanol–water partition coefficient (Wildman–Crippen LogP) is 15.0. The van der Waals surface area contributed by atoms with E-state index in [1.54, 1.807) is 0 Å². The van der Waals surface area contributed by atoms with Gasteiger partial charge in [-0.1, -0.05) is 140 Å². The predicted molar refractivity (Wildman–Crippen MR) is 260 cm³/mol. The van der Waals surface area contributed by atoms with E-state index in [0.29, 0.717) is 17.6 Å². The minimum absolute atomic E-state index is 0.563. The Hall–Kier alpha value is -8.81. The van der Waals surface area contributed by atoms with Crippen LogP contribution in [0.25, 0.3) is 61.7 Å². The minimum Gasteiger partial charge on any atom is -0.453 e. The average molecular weight is 823 g/mol. The number of benzene rings is 9. The molecule has 9 aromatic carbocycles. The van der Waals surface area contributed by atoms with E-state index in [-0.39, 0.29) is 0 Å². The van der Waals surface area contributed by atoms with Crippen molar-refractivity contribution in [3.63, 3.8) is 0 Å². The van der Waals surface area contributed by atoms with Gasteiger partial charge in [-0.05, 0) is 102 Å². The Labute approximate surface area is 370 Å². The first-order valence-electron chi connectivity index (χ1n) is 21.4. The number of aromatic nitrogens is 4. The molecule has 1 aliphatic rings. The molecule has 0 saturated carbocycles. The van der Waals surface area contributed by atoms with Crippen molar-refractivity contribution in [1.82, 2.24) is 19.5 Å². The Kier molecular flexibility index (Phi) is 9.01. The third-order valence-electron chi connectivity index (χ3n) is 11.8. The second-order valence-corrected chi connectivity index (χ2v) is 15.7. The van der Waals surface area contributed by atoms with Crippen LogP contribution in [0.4, 0.5) is 34.1 Å². The standard InChI is InChI=1S/C57H38N6O/c1-5-17-39(18-6-1)55-58-56(40-19-7-2-8-20-40)60-57(59-55)63-49-26-14-13-25-47(49)48-37-41(29-35-50(48)63)42-30-36-52-54(38-42)64-53-28-16-15-27-51(53)62(52)46-33-31-45(32-34-46)61(43-21-9-3-10-22-43)44-23-11-4-12-24-44/h1-38H. The SMILES string of the molecule is c1ccc(-c2nc(-c3ccccc3)nc(-n3c4ccccc4c4cc(-c5ccc6c(c5)Oc5ccccc5N6c5ccc(N(c6ccccc6)c6ccccc6)cc5)ccc43)n2)cc1. The molecule has 12 rings (SSSR count). The van der Waals surface area contributed by atoms with Gasteiger partial charge in [0, 0.05) is 44.6 Å². The van der Waals surface area contributed by atoms with Gasteiger partial charge in [0.1, 0.15) is 0 Å². The van der Waals surface area contributed by atoms with Gasteiger partial charge in [-0.25, -0.2) is 4.98 Å². The number of fused-ring (bicyclic) bond motifs is 5. The van der Waals surface area contributed by atoms with Gasteiger partial charge in [-0.15, -0.1) is 0 Å². The van der Waals surface area contributed by atoms with Crippen molar-refractivity contribution in [2.75, 3.05) is 9.80 Å². The fourth-order valence-corrected chi connectivity index (χ4v) is 8.83. The summed E-state index contributed by atoms with van der Waals surface area (Å²) >= 11 is 0. The van der Waals surface area contributed by atoms with E-state index in [1.165, 1.54) is 0 Å². The monoisotopic (exact) mass is 822 g/mol. The lowest BCUT2D eigenvalue weighted by molar-refractivity contribution is 0.477. The number of hydrogen-bond acceptors (Lipinski definition) is 6. The number of rotatable bonds is 8. The van der Waals surface area contributed by atoms with Crippen LogP contribution in [0, 0.1) is 0 Å². The maximum Gasteiger partial charge on any atom is 0.238 e. The van der Waals surface area contributed by atoms with Gasteiger partial charge in [0.15, 0.2) is 23.1 Å². The van der Waals surface area contributed by atoms with Crippen molar-refractivity contribution < 1.29 is 4.74 Å². The van der Waals surface area contributed by atoms with Crippen LogP contribution in [0.1, 0.15) is 0 Å². The van der Waals surface area contributed by atoms with Crippen molar-refractivity contribution in [2.24, 2.45) is 0 Å². The lowest BCUT2D eigenvalue weighted by atomic mass is 10.0. The molecular weight excluding hydrogens is 785 g/mol. The van der Waals surface area contributed by atoms with Gasteiger partial charge in [0.25, 0.3) is 0 Å². The summed E-state index contributed by atoms with van der Waals surface area (Å²) in [5.74, 6) is 3.38. The highest BCUT2D eigenvalue weighted by atomic mass is 16.5. The van der Waals surface area contributed by atoms with Crippen LogP contribution < -0.4 is 14.5 Å². The average Bonchev–Trinajstić information content (AvgIpc) is 3.70. The summed E-state index contributed by atoms with van der Waals surface area (Å²) in [6.07, 6.45) is 0. The molecule has 1 aliphatic heterocycles. The number of ether oxygens (including phenoxy) is 1. The zero-order valence-corrected chi connectivity index (χ0v) is 34.5. The summed E-state index contributed by atoms with van der Waals surface area (Å²) in [4.78, 5) is 19.7. The van der Waals surface area contributed by atoms with Gasteiger partial charge >= 0.3 is 0 Å². The molecule has 0 unspecified atom stereocenters. The maximum atomic E-state index is 6.71. The Balaban J connectivity index is 0.942. The minimum atomic E-state index is 0.563. The van der Waals surface area contributed by atoms with Crippen LogP contribution in [0.5, 0.6) is 11.5 Å². The van der Waals surface area contributed by atoms with Crippen LogP contribution in [0.15, 0.2) is 231 Å². The molecule has 0 spiro atoms. The molecule has 0 N–H and O–H groups in total. The maximum absolute atomic E-state index is 6.71. The van der Waals surface area contributed by atoms with Crippen molar-refractivity contribution >= 4 is 55.9 Å². The van der Waals surface area contributed by atoms with Crippen LogP contribution >= 0.6 is 0 Å². The van der Waals surface area contributed by atoms with Gasteiger partial charge in [-0.3, -0.25) is 4.57 Å². The highest BCUT2D eigenvalue weighted by Crippen LogP contribution is 2.52. The van der Waals surface area contributed by atoms with E-state index in [9.17, 15) is 0 Å². The first kappa shape index (κ1) is 37.0. The molecule has 0 fully saturated rings. The second kappa shape index (κ2) is 15.6. The summed E-state index contributed by atoms with van der Waals surface area (Å²) in [5.41, 5.74) is 12.2. The van der Waals surface area contributed by atoms with Gasteiger partial charge < -0.3 is 14.5 Å². The van der Waals surface area contributed by atoms with Crippen LogP contribution in [-0.4, -0.2) is 19.5 Å². The van der Waals surface area contributed by atoms with Crippen molar-refractivity contribution in [2.45, 2.75) is 0 Å².